The van der Waals surface area contributed by atoms with E-state index < -0.39 is 14.9 Å². The number of non-ortho nitro benzene ring substituents is 1. The zero-order valence-corrected chi connectivity index (χ0v) is 14.2. The SMILES string of the molecule is CCc1ccc(S(=O)(=O)N2CCCc3ccc([N+](=O)[O-])cc32)s1. The number of hydrogen-bond donors (Lipinski definition) is 0. The van der Waals surface area contributed by atoms with Crippen molar-refractivity contribution in [2.45, 2.75) is 30.4 Å². The van der Waals surface area contributed by atoms with Crippen LogP contribution in [0.25, 0.3) is 0 Å². The van der Waals surface area contributed by atoms with Crippen LogP contribution in [0.1, 0.15) is 23.8 Å². The van der Waals surface area contributed by atoms with E-state index in [1.807, 2.05) is 13.0 Å². The molecule has 0 bridgehead atoms. The first kappa shape index (κ1) is 15.9. The van der Waals surface area contributed by atoms with E-state index in [9.17, 15) is 18.5 Å². The number of anilines is 1. The standard InChI is InChI=1S/C15H16N2O4S2/c1-2-13-7-8-15(22-13)23(20,21)16-9-3-4-11-5-6-12(17(18)19)10-14(11)16/h5-8,10H,2-4,9H2,1H3. The van der Waals surface area contributed by atoms with Gasteiger partial charge in [-0.05, 0) is 37.0 Å². The van der Waals surface area contributed by atoms with Crippen LogP contribution >= 0.6 is 11.3 Å². The Bertz CT molecular complexity index is 858. The summed E-state index contributed by atoms with van der Waals surface area (Å²) in [6.45, 7) is 2.32. The van der Waals surface area contributed by atoms with Crippen molar-refractivity contribution in [1.82, 2.24) is 0 Å². The minimum absolute atomic E-state index is 0.0914. The van der Waals surface area contributed by atoms with Crippen molar-refractivity contribution >= 4 is 32.7 Å². The Morgan fingerprint density at radius 2 is 2.09 bits per heavy atom. The first-order valence-electron chi connectivity index (χ1n) is 7.32. The monoisotopic (exact) mass is 352 g/mol. The Kier molecular flexibility index (Phi) is 4.11. The molecule has 23 heavy (non-hydrogen) atoms. The zero-order chi connectivity index (χ0) is 16.6. The second-order valence-corrected chi connectivity index (χ2v) is 8.58. The molecule has 1 aromatic heterocycles. The average molecular weight is 352 g/mol. The molecular weight excluding hydrogens is 336 g/mol. The van der Waals surface area contributed by atoms with Gasteiger partial charge in [0, 0.05) is 23.6 Å². The lowest BCUT2D eigenvalue weighted by molar-refractivity contribution is -0.384. The van der Waals surface area contributed by atoms with E-state index in [1.54, 1.807) is 12.1 Å². The molecule has 0 atom stereocenters. The molecule has 0 aliphatic carbocycles. The van der Waals surface area contributed by atoms with E-state index in [-0.39, 0.29) is 9.90 Å². The Balaban J connectivity index is 2.08. The molecule has 3 rings (SSSR count). The second-order valence-electron chi connectivity index (χ2n) is 5.33. The molecule has 0 saturated heterocycles. The summed E-state index contributed by atoms with van der Waals surface area (Å²) in [4.78, 5) is 11.5. The predicted molar refractivity (Wildman–Crippen MR) is 89.6 cm³/mol. The number of fused-ring (bicyclic) bond motifs is 1. The number of nitrogens with zero attached hydrogens (tertiary/aromatic N) is 2. The molecule has 0 radical (unpaired) electrons. The van der Waals surface area contributed by atoms with Crippen molar-refractivity contribution < 1.29 is 13.3 Å². The number of rotatable bonds is 4. The normalized spacial score (nSPS) is 14.6. The van der Waals surface area contributed by atoms with E-state index >= 15 is 0 Å². The lowest BCUT2D eigenvalue weighted by atomic mass is 10.0. The molecule has 0 N–H and O–H groups in total. The maximum atomic E-state index is 12.9. The van der Waals surface area contributed by atoms with Crippen LogP contribution in [0, 0.1) is 10.1 Å². The molecule has 1 aromatic carbocycles. The van der Waals surface area contributed by atoms with Crippen molar-refractivity contribution in [3.63, 3.8) is 0 Å². The molecule has 8 heteroatoms. The maximum absolute atomic E-state index is 12.9. The quantitative estimate of drug-likeness (QED) is 0.624. The summed E-state index contributed by atoms with van der Waals surface area (Å²) in [5, 5.41) is 11.0. The van der Waals surface area contributed by atoms with Gasteiger partial charge in [-0.15, -0.1) is 11.3 Å². The predicted octanol–water partition coefficient (Wildman–Crippen LogP) is 3.36. The van der Waals surface area contributed by atoms with Crippen molar-refractivity contribution in [3.05, 3.63) is 50.9 Å². The molecule has 0 saturated carbocycles. The van der Waals surface area contributed by atoms with Gasteiger partial charge in [0.1, 0.15) is 4.21 Å². The lowest BCUT2D eigenvalue weighted by Crippen LogP contribution is -2.35. The number of sulfonamides is 1. The van der Waals surface area contributed by atoms with E-state index in [0.29, 0.717) is 18.7 Å². The highest BCUT2D eigenvalue weighted by Gasteiger charge is 2.31. The summed E-state index contributed by atoms with van der Waals surface area (Å²) in [7, 11) is -3.68. The number of nitro groups is 1. The molecule has 122 valence electrons. The van der Waals surface area contributed by atoms with Gasteiger partial charge in [0.2, 0.25) is 0 Å². The van der Waals surface area contributed by atoms with E-state index in [1.165, 1.54) is 27.8 Å². The fourth-order valence-corrected chi connectivity index (χ4v) is 5.63. The molecule has 0 unspecified atom stereocenters. The first-order chi connectivity index (χ1) is 10.9. The van der Waals surface area contributed by atoms with Crippen LogP contribution in [-0.4, -0.2) is 19.9 Å². The van der Waals surface area contributed by atoms with Crippen LogP contribution in [0.3, 0.4) is 0 Å². The highest BCUT2D eigenvalue weighted by atomic mass is 32.2. The highest BCUT2D eigenvalue weighted by Crippen LogP contribution is 2.36. The molecule has 1 aliphatic heterocycles. The minimum atomic E-state index is -3.68. The van der Waals surface area contributed by atoms with Gasteiger partial charge in [-0.3, -0.25) is 14.4 Å². The number of thiophene rings is 1. The van der Waals surface area contributed by atoms with Crippen LogP contribution in [0.2, 0.25) is 0 Å². The van der Waals surface area contributed by atoms with Crippen molar-refractivity contribution in [2.24, 2.45) is 0 Å². The van der Waals surface area contributed by atoms with E-state index in [2.05, 4.69) is 0 Å². The van der Waals surface area contributed by atoms with Gasteiger partial charge >= 0.3 is 0 Å². The molecule has 0 amide bonds. The van der Waals surface area contributed by atoms with Gasteiger partial charge in [0.25, 0.3) is 15.7 Å². The Hall–Kier alpha value is -1.93. The van der Waals surface area contributed by atoms with Gasteiger partial charge in [-0.25, -0.2) is 8.42 Å². The number of hydrogen-bond acceptors (Lipinski definition) is 5. The Labute approximate surface area is 138 Å². The van der Waals surface area contributed by atoms with Gasteiger partial charge in [0.15, 0.2) is 0 Å². The number of aryl methyl sites for hydroxylation is 2. The maximum Gasteiger partial charge on any atom is 0.273 e. The molecule has 2 aromatic rings. The first-order valence-corrected chi connectivity index (χ1v) is 9.58. The molecule has 6 nitrogen and oxygen atoms in total. The average Bonchev–Trinajstić information content (AvgIpc) is 3.03. The Morgan fingerprint density at radius 1 is 1.30 bits per heavy atom. The summed E-state index contributed by atoms with van der Waals surface area (Å²) >= 11 is 1.26. The topological polar surface area (TPSA) is 80.5 Å². The van der Waals surface area contributed by atoms with Gasteiger partial charge in [0.05, 0.1) is 10.6 Å². The van der Waals surface area contributed by atoms with Crippen molar-refractivity contribution in [3.8, 4) is 0 Å². The van der Waals surface area contributed by atoms with Gasteiger partial charge in [-0.1, -0.05) is 13.0 Å². The fraction of sp³-hybridized carbons (Fsp3) is 0.333. The smallest absolute Gasteiger partial charge is 0.265 e. The summed E-state index contributed by atoms with van der Waals surface area (Å²) < 4.78 is 27.4. The number of benzene rings is 1. The van der Waals surface area contributed by atoms with Crippen LogP contribution < -0.4 is 4.31 Å². The van der Waals surface area contributed by atoms with Crippen molar-refractivity contribution in [2.75, 3.05) is 10.8 Å². The third-order valence-corrected chi connectivity index (χ3v) is 7.40. The molecular formula is C15H16N2O4S2. The minimum Gasteiger partial charge on any atom is -0.265 e. The fourth-order valence-electron chi connectivity index (χ4n) is 2.69. The van der Waals surface area contributed by atoms with Crippen LogP contribution in [0.5, 0.6) is 0 Å². The summed E-state index contributed by atoms with van der Waals surface area (Å²) in [5.41, 5.74) is 1.17. The van der Waals surface area contributed by atoms with Gasteiger partial charge in [-0.2, -0.15) is 0 Å². The Morgan fingerprint density at radius 3 is 2.74 bits per heavy atom. The molecule has 2 heterocycles. The van der Waals surface area contributed by atoms with Gasteiger partial charge < -0.3 is 0 Å². The van der Waals surface area contributed by atoms with E-state index in [0.717, 1.165) is 23.3 Å². The molecule has 1 aliphatic rings. The zero-order valence-electron chi connectivity index (χ0n) is 12.6. The summed E-state index contributed by atoms with van der Waals surface area (Å²) in [5.74, 6) is 0. The second kappa shape index (κ2) is 5.93. The molecule has 0 fully saturated rings. The number of nitro benzene ring substituents is 1. The third kappa shape index (κ3) is 2.84. The summed E-state index contributed by atoms with van der Waals surface area (Å²) in [6.07, 6.45) is 2.21. The van der Waals surface area contributed by atoms with Crippen LogP contribution in [-0.2, 0) is 22.9 Å². The van der Waals surface area contributed by atoms with Crippen molar-refractivity contribution in [1.29, 1.82) is 0 Å². The molecule has 0 spiro atoms. The van der Waals surface area contributed by atoms with E-state index in [4.69, 9.17) is 0 Å². The van der Waals surface area contributed by atoms with Crippen LogP contribution in [0.15, 0.2) is 34.5 Å². The van der Waals surface area contributed by atoms with Crippen LogP contribution in [0.4, 0.5) is 11.4 Å². The lowest BCUT2D eigenvalue weighted by Gasteiger charge is -2.29. The third-order valence-electron chi connectivity index (χ3n) is 3.89. The highest BCUT2D eigenvalue weighted by molar-refractivity contribution is 7.94. The largest absolute Gasteiger partial charge is 0.273 e. The summed E-state index contributed by atoms with van der Waals surface area (Å²) in [6, 6.07) is 7.87.